The number of benzene rings is 3. The molecule has 1 heterocycles. The van der Waals surface area contributed by atoms with Crippen LogP contribution in [0.4, 0.5) is 12.9 Å². The Kier molecular flexibility index (Phi) is 8.51. The fraction of sp³-hybridized carbons (Fsp3) is 0.136. The van der Waals surface area contributed by atoms with Gasteiger partial charge in [0.25, 0.3) is 0 Å². The zero-order valence-electron chi connectivity index (χ0n) is 17.7. The Morgan fingerprint density at radius 2 is 1.31 bits per heavy atom. The van der Waals surface area contributed by atoms with Crippen molar-refractivity contribution < 1.29 is 27.2 Å². The second-order valence-electron chi connectivity index (χ2n) is 6.75. The van der Waals surface area contributed by atoms with Crippen molar-refractivity contribution in [3.63, 3.8) is 0 Å². The monoisotopic (exact) mass is 444 g/mol. The second-order valence-corrected chi connectivity index (χ2v) is 6.75. The third kappa shape index (κ3) is 6.16. The maximum Gasteiger partial charge on any atom is 0.762 e. The number of halogens is 4. The highest BCUT2D eigenvalue weighted by Gasteiger charge is 2.23. The summed E-state index contributed by atoms with van der Waals surface area (Å²) >= 11 is 0. The molecule has 0 aliphatic carbocycles. The molecule has 0 aliphatic rings. The molecule has 0 atom stereocenters. The van der Waals surface area contributed by atoms with E-state index in [1.165, 1.54) is 11.1 Å². The summed E-state index contributed by atoms with van der Waals surface area (Å²) in [6.45, 7) is 4.14. The highest BCUT2D eigenvalue weighted by molar-refractivity contribution is 6.33. The average Bonchev–Trinajstić information content (AvgIpc) is 3.20. The van der Waals surface area contributed by atoms with Crippen molar-refractivity contribution in [3.05, 3.63) is 83.9 Å². The lowest BCUT2D eigenvalue weighted by Gasteiger charge is -2.02. The number of aryl methyl sites for hydroxylation is 2. The summed E-state index contributed by atoms with van der Waals surface area (Å²) in [7, 11) is -2.01. The molecule has 0 saturated carbocycles. The molecule has 0 aliphatic heterocycles. The van der Waals surface area contributed by atoms with E-state index in [0.29, 0.717) is 5.82 Å². The molecule has 0 N–H and O–H groups in total. The lowest BCUT2D eigenvalue weighted by Crippen LogP contribution is -3.00. The van der Waals surface area contributed by atoms with Gasteiger partial charge in [-0.15, -0.1) is 0 Å². The molecule has 32 heavy (non-hydrogen) atoms. The van der Waals surface area contributed by atoms with Crippen molar-refractivity contribution in [2.24, 2.45) is 0 Å². The smallest absolute Gasteiger partial charge is 0.762 e. The Labute approximate surface area is 183 Å². The molecular weight excluding hydrogens is 423 g/mol. The van der Waals surface area contributed by atoms with Gasteiger partial charge in [0.15, 0.2) is 5.69 Å². The van der Waals surface area contributed by atoms with E-state index >= 15 is 0 Å². The maximum atomic E-state index is 9.67. The molecule has 0 unspecified atom stereocenters. The van der Waals surface area contributed by atoms with E-state index in [9.17, 15) is 12.9 Å². The number of hydrogen-bond donors (Lipinski definition) is 0. The number of rotatable bonds is 4. The van der Waals surface area contributed by atoms with Crippen LogP contribution in [0, 0.1) is 13.8 Å². The van der Waals surface area contributed by atoms with Gasteiger partial charge in [-0.3, -0.25) is 12.9 Å². The lowest BCUT2D eigenvalue weighted by molar-refractivity contribution is -0.734. The van der Waals surface area contributed by atoms with E-state index in [1.807, 2.05) is 53.3 Å². The molecule has 0 saturated heterocycles. The number of aromatic nitrogens is 4. The largest absolute Gasteiger partial charge is 1.00 e. The summed E-state index contributed by atoms with van der Waals surface area (Å²) in [5, 5.41) is 9.53. The Balaban J connectivity index is 0.000000672. The molecule has 1 aromatic heterocycles. The van der Waals surface area contributed by atoms with Gasteiger partial charge in [0, 0.05) is 4.80 Å². The predicted molar refractivity (Wildman–Crippen MR) is 113 cm³/mol. The highest BCUT2D eigenvalue weighted by atomic mass is 19.4. The van der Waals surface area contributed by atoms with Crippen molar-refractivity contribution in [2.45, 2.75) is 13.8 Å². The average molecular weight is 444 g/mol. The van der Waals surface area contributed by atoms with Crippen LogP contribution < -0.4 is 14.2 Å². The van der Waals surface area contributed by atoms with Crippen LogP contribution in [-0.2, 0) is 0 Å². The van der Waals surface area contributed by atoms with Gasteiger partial charge in [0.2, 0.25) is 0 Å². The molecule has 0 bridgehead atoms. The first kappa shape index (κ1) is 24.6. The molecule has 0 radical (unpaired) electrons. The van der Waals surface area contributed by atoms with Gasteiger partial charge >= 0.3 is 13.4 Å². The van der Waals surface area contributed by atoms with Crippen molar-refractivity contribution in [1.29, 1.82) is 0 Å². The first-order valence-electron chi connectivity index (χ1n) is 9.48. The second kappa shape index (κ2) is 11.1. The summed E-state index contributed by atoms with van der Waals surface area (Å²) in [6, 6.07) is 24.2. The van der Waals surface area contributed by atoms with E-state index in [0.717, 1.165) is 22.7 Å². The Hall–Kier alpha value is -3.69. The van der Waals surface area contributed by atoms with Crippen LogP contribution in [0.1, 0.15) is 11.1 Å². The number of methoxy groups -OCH3 is 1. The number of tetrazole rings is 1. The van der Waals surface area contributed by atoms with Crippen molar-refractivity contribution >= 4 is 7.54 Å². The SMILES string of the molecule is COc1ccc(-n2nc(-c3ccc(C)cc3)n[n+]2-c2ccc(C)cc2)cc1.FB(F)F.[F-]. The molecule has 0 fully saturated rings. The zero-order chi connectivity index (χ0) is 22.4. The van der Waals surface area contributed by atoms with Crippen LogP contribution in [0.25, 0.3) is 22.8 Å². The van der Waals surface area contributed by atoms with Crippen molar-refractivity contribution in [3.8, 4) is 28.5 Å². The quantitative estimate of drug-likeness (QED) is 0.274. The minimum absolute atomic E-state index is 0. The zero-order valence-corrected chi connectivity index (χ0v) is 17.7. The minimum atomic E-state index is -3.67. The molecule has 3 aromatic carbocycles. The molecule has 5 nitrogen and oxygen atoms in total. The van der Waals surface area contributed by atoms with E-state index in [-0.39, 0.29) is 4.70 Å². The number of ether oxygens (including phenoxy) is 1. The molecule has 10 heteroatoms. The fourth-order valence-electron chi connectivity index (χ4n) is 2.83. The van der Waals surface area contributed by atoms with Gasteiger partial charge in [-0.1, -0.05) is 35.4 Å². The summed E-state index contributed by atoms with van der Waals surface area (Å²) in [5.74, 6) is 1.48. The predicted octanol–water partition coefficient (Wildman–Crippen LogP) is 1.72. The summed E-state index contributed by atoms with van der Waals surface area (Å²) < 4.78 is 34.3. The van der Waals surface area contributed by atoms with E-state index in [2.05, 4.69) is 38.1 Å². The Bertz CT molecular complexity index is 1120. The number of hydrogen-bond acceptors (Lipinski definition) is 3. The molecule has 0 spiro atoms. The Morgan fingerprint density at radius 1 is 0.812 bits per heavy atom. The van der Waals surface area contributed by atoms with E-state index in [4.69, 9.17) is 14.9 Å². The van der Waals surface area contributed by atoms with Gasteiger partial charge in [-0.25, -0.2) is 0 Å². The molecule has 4 aromatic rings. The third-order valence-electron chi connectivity index (χ3n) is 4.44. The van der Waals surface area contributed by atoms with E-state index in [1.54, 1.807) is 11.9 Å². The lowest BCUT2D eigenvalue weighted by atomic mass is 10.1. The van der Waals surface area contributed by atoms with Gasteiger partial charge < -0.3 is 9.44 Å². The molecule has 0 amide bonds. The maximum absolute atomic E-state index is 9.67. The molecule has 166 valence electrons. The first-order valence-corrected chi connectivity index (χ1v) is 9.48. The van der Waals surface area contributed by atoms with E-state index < -0.39 is 7.54 Å². The summed E-state index contributed by atoms with van der Waals surface area (Å²) in [5.41, 5.74) is 5.24. The van der Waals surface area contributed by atoms with Gasteiger partial charge in [0.1, 0.15) is 11.4 Å². The van der Waals surface area contributed by atoms with Gasteiger partial charge in [-0.05, 0) is 72.3 Å². The minimum Gasteiger partial charge on any atom is -1.00 e. The highest BCUT2D eigenvalue weighted by Crippen LogP contribution is 2.18. The first-order chi connectivity index (χ1) is 14.9. The standard InChI is InChI=1S/C22H21N4O.BF3.FH/c1-16-4-8-18(9-5-16)22-23-25(19-10-6-17(2)7-11-19)26(24-22)20-12-14-21(27-3)15-13-20;2-1(3)4;/h4-15H,1-3H3;;1H/q+1;;/p-1. The van der Waals surface area contributed by atoms with Crippen LogP contribution in [0.5, 0.6) is 5.75 Å². The van der Waals surface area contributed by atoms with Crippen molar-refractivity contribution in [1.82, 2.24) is 15.0 Å². The topological polar surface area (TPSA) is 43.8 Å². The molecular formula is C22H21BF4N4O. The summed E-state index contributed by atoms with van der Waals surface area (Å²) in [6.07, 6.45) is 0. The van der Waals surface area contributed by atoms with Crippen LogP contribution in [0.2, 0.25) is 0 Å². The van der Waals surface area contributed by atoms with Crippen molar-refractivity contribution in [2.75, 3.05) is 7.11 Å². The van der Waals surface area contributed by atoms with Crippen LogP contribution in [-0.4, -0.2) is 29.6 Å². The van der Waals surface area contributed by atoms with Crippen LogP contribution in [0.3, 0.4) is 0 Å². The number of nitrogens with zero attached hydrogens (tertiary/aromatic N) is 4. The van der Waals surface area contributed by atoms with Crippen LogP contribution >= 0.6 is 0 Å². The molecule has 4 rings (SSSR count). The normalized spacial score (nSPS) is 9.94. The summed E-state index contributed by atoms with van der Waals surface area (Å²) in [4.78, 5) is 3.62. The van der Waals surface area contributed by atoms with Gasteiger partial charge in [-0.2, -0.15) is 0 Å². The fourth-order valence-corrected chi connectivity index (χ4v) is 2.83. The van der Waals surface area contributed by atoms with Crippen LogP contribution in [0.15, 0.2) is 72.8 Å². The Morgan fingerprint density at radius 3 is 1.81 bits per heavy atom. The third-order valence-corrected chi connectivity index (χ3v) is 4.44. The van der Waals surface area contributed by atoms with Gasteiger partial charge in [0.05, 0.1) is 17.8 Å².